The number of nitrogens with one attached hydrogen (secondary N) is 1. The molecule has 0 aliphatic rings. The molecule has 0 aliphatic heterocycles. The Hall–Kier alpha value is -3.48. The minimum atomic E-state index is -0.543. The number of nitrogens with zero attached hydrogens (tertiary/aromatic N) is 4. The molecule has 1 heterocycles. The highest BCUT2D eigenvalue weighted by atomic mass is 16.5. The molecule has 0 radical (unpaired) electrons. The van der Waals surface area contributed by atoms with Crippen molar-refractivity contribution in [2.45, 2.75) is 26.7 Å². The first-order valence-corrected chi connectivity index (χ1v) is 9.26. The third kappa shape index (κ3) is 5.03. The molecule has 3 aromatic rings. The van der Waals surface area contributed by atoms with Gasteiger partial charge in [-0.1, -0.05) is 55.5 Å². The summed E-state index contributed by atoms with van der Waals surface area (Å²) in [5.74, 6) is 1.53. The van der Waals surface area contributed by atoms with E-state index in [2.05, 4.69) is 20.4 Å². The molecule has 0 fully saturated rings. The lowest BCUT2D eigenvalue weighted by molar-refractivity contribution is 0.157. The van der Waals surface area contributed by atoms with Crippen LogP contribution in [-0.2, 0) is 17.6 Å². The Bertz CT molecular complexity index is 936. The molecule has 0 spiro atoms. The van der Waals surface area contributed by atoms with E-state index in [-0.39, 0.29) is 6.61 Å². The van der Waals surface area contributed by atoms with E-state index in [9.17, 15) is 4.79 Å². The number of benzene rings is 2. The van der Waals surface area contributed by atoms with Crippen molar-refractivity contribution in [3.8, 4) is 5.69 Å². The molecule has 0 saturated carbocycles. The number of aliphatic imine (C=N–C) groups is 1. The fourth-order valence-corrected chi connectivity index (χ4v) is 2.62. The lowest BCUT2D eigenvalue weighted by Gasteiger charge is -2.09. The number of hydrogen-bond donors (Lipinski definition) is 1. The Morgan fingerprint density at radius 2 is 1.75 bits per heavy atom. The van der Waals surface area contributed by atoms with Crippen molar-refractivity contribution in [2.75, 3.05) is 6.61 Å². The van der Waals surface area contributed by atoms with Crippen molar-refractivity contribution in [1.29, 1.82) is 0 Å². The van der Waals surface area contributed by atoms with Crippen molar-refractivity contribution in [1.82, 2.24) is 20.1 Å². The van der Waals surface area contributed by atoms with Crippen LogP contribution in [0.15, 0.2) is 65.7 Å². The first-order valence-electron chi connectivity index (χ1n) is 9.26. The highest BCUT2D eigenvalue weighted by Gasteiger charge is 2.14. The zero-order chi connectivity index (χ0) is 19.8. The van der Waals surface area contributed by atoms with E-state index < -0.39 is 6.09 Å². The highest BCUT2D eigenvalue weighted by molar-refractivity contribution is 5.97. The lowest BCUT2D eigenvalue weighted by atomic mass is 10.1. The maximum absolute atomic E-state index is 12.0. The minimum Gasteiger partial charge on any atom is -0.450 e. The van der Waals surface area contributed by atoms with Crippen molar-refractivity contribution in [3.63, 3.8) is 0 Å². The first-order chi connectivity index (χ1) is 13.7. The van der Waals surface area contributed by atoms with Crippen LogP contribution in [0.1, 0.15) is 25.2 Å². The molecule has 28 heavy (non-hydrogen) atoms. The molecule has 1 N–H and O–H groups in total. The van der Waals surface area contributed by atoms with Crippen LogP contribution in [0.5, 0.6) is 0 Å². The molecule has 0 bridgehead atoms. The van der Waals surface area contributed by atoms with Crippen LogP contribution >= 0.6 is 0 Å². The molecule has 0 saturated heterocycles. The summed E-state index contributed by atoms with van der Waals surface area (Å²) in [6, 6.07) is 19.4. The summed E-state index contributed by atoms with van der Waals surface area (Å²) in [5.41, 5.74) is 1.86. The van der Waals surface area contributed by atoms with Gasteiger partial charge in [0.05, 0.1) is 12.3 Å². The highest BCUT2D eigenvalue weighted by Crippen LogP contribution is 2.17. The summed E-state index contributed by atoms with van der Waals surface area (Å²) >= 11 is 0. The number of carbonyl (C=O) groups excluding carboxylic acids is 1. The molecule has 144 valence electrons. The molecule has 1 amide bonds. The van der Waals surface area contributed by atoms with Gasteiger partial charge in [-0.15, -0.1) is 5.10 Å². The number of ether oxygens (including phenoxy) is 1. The number of carbonyl (C=O) groups is 1. The maximum atomic E-state index is 12.0. The van der Waals surface area contributed by atoms with Gasteiger partial charge in [0.15, 0.2) is 5.82 Å². The van der Waals surface area contributed by atoms with Gasteiger partial charge in [-0.2, -0.15) is 14.7 Å². The normalized spacial score (nSPS) is 11.3. The van der Waals surface area contributed by atoms with Gasteiger partial charge in [-0.25, -0.2) is 4.79 Å². The van der Waals surface area contributed by atoms with Crippen molar-refractivity contribution in [3.05, 3.63) is 72.1 Å². The predicted octanol–water partition coefficient (Wildman–Crippen LogP) is 3.85. The summed E-state index contributed by atoms with van der Waals surface area (Å²) < 4.78 is 6.69. The number of alkyl carbamates (subject to hydrolysis) is 1. The fraction of sp³-hybridized carbons (Fsp3) is 0.238. The number of aryl methyl sites for hydroxylation is 1. The van der Waals surface area contributed by atoms with E-state index in [0.29, 0.717) is 30.5 Å². The Morgan fingerprint density at radius 3 is 2.39 bits per heavy atom. The van der Waals surface area contributed by atoms with Gasteiger partial charge in [0, 0.05) is 12.8 Å². The molecule has 0 unspecified atom stereocenters. The van der Waals surface area contributed by atoms with Crippen LogP contribution < -0.4 is 5.32 Å². The van der Waals surface area contributed by atoms with E-state index in [1.54, 1.807) is 11.6 Å². The Balaban J connectivity index is 1.99. The largest absolute Gasteiger partial charge is 0.450 e. The minimum absolute atomic E-state index is 0.282. The second kappa shape index (κ2) is 9.45. The molecule has 0 atom stereocenters. The number of amides is 1. The van der Waals surface area contributed by atoms with Gasteiger partial charge >= 0.3 is 6.09 Å². The molecule has 7 nitrogen and oxygen atoms in total. The fourth-order valence-electron chi connectivity index (χ4n) is 2.62. The number of aromatic nitrogens is 3. The van der Waals surface area contributed by atoms with Crippen molar-refractivity contribution >= 4 is 17.9 Å². The van der Waals surface area contributed by atoms with Crippen LogP contribution in [0.2, 0.25) is 0 Å². The quantitative estimate of drug-likeness (QED) is 0.523. The number of rotatable bonds is 6. The monoisotopic (exact) mass is 377 g/mol. The second-order valence-electron chi connectivity index (χ2n) is 6.00. The third-order valence-electron chi connectivity index (χ3n) is 3.92. The average Bonchev–Trinajstić information content (AvgIpc) is 3.12. The Labute approximate surface area is 164 Å². The van der Waals surface area contributed by atoms with Crippen molar-refractivity contribution < 1.29 is 9.53 Å². The number of amidine groups is 1. The van der Waals surface area contributed by atoms with E-state index in [1.165, 1.54) is 0 Å². The molecule has 3 rings (SSSR count). The molecule has 0 aliphatic carbocycles. The SMILES string of the molecule is CCOC(=O)N/C(Cc1ccccc1)=N/c1nc(CC)nn1-c1ccccc1. The summed E-state index contributed by atoms with van der Waals surface area (Å²) in [4.78, 5) is 21.1. The average molecular weight is 377 g/mol. The summed E-state index contributed by atoms with van der Waals surface area (Å²) in [6.07, 6.45) is 0.573. The second-order valence-corrected chi connectivity index (χ2v) is 6.00. The topological polar surface area (TPSA) is 81.4 Å². The van der Waals surface area contributed by atoms with Gasteiger partial charge in [0.2, 0.25) is 0 Å². The van der Waals surface area contributed by atoms with Crippen LogP contribution in [0.3, 0.4) is 0 Å². The zero-order valence-electron chi connectivity index (χ0n) is 16.0. The summed E-state index contributed by atoms with van der Waals surface area (Å²) in [7, 11) is 0. The standard InChI is InChI=1S/C21H23N5O2/c1-3-18-22-20(26(25-18)17-13-9-6-10-14-17)23-19(24-21(27)28-4-2)15-16-11-7-5-8-12-16/h5-14H,3-4,15H2,1-2H3,(H,22,23,24,25,27). The number of hydrogen-bond acceptors (Lipinski definition) is 5. The first kappa shape index (κ1) is 19.3. The van der Waals surface area contributed by atoms with E-state index in [4.69, 9.17) is 4.74 Å². The molecular weight excluding hydrogens is 354 g/mol. The number of para-hydroxylation sites is 1. The maximum Gasteiger partial charge on any atom is 0.412 e. The predicted molar refractivity (Wildman–Crippen MR) is 108 cm³/mol. The molecule has 1 aromatic heterocycles. The van der Waals surface area contributed by atoms with E-state index in [0.717, 1.165) is 11.3 Å². The molecule has 2 aromatic carbocycles. The smallest absolute Gasteiger partial charge is 0.412 e. The Morgan fingerprint density at radius 1 is 1.07 bits per heavy atom. The summed E-state index contributed by atoms with van der Waals surface area (Å²) in [5, 5.41) is 7.26. The van der Waals surface area contributed by atoms with E-state index >= 15 is 0 Å². The van der Waals surface area contributed by atoms with Crippen LogP contribution in [0, 0.1) is 0 Å². The van der Waals surface area contributed by atoms with Gasteiger partial charge in [-0.05, 0) is 24.6 Å². The molecule has 7 heteroatoms. The van der Waals surface area contributed by atoms with Gasteiger partial charge in [0.25, 0.3) is 5.95 Å². The lowest BCUT2D eigenvalue weighted by Crippen LogP contribution is -2.32. The van der Waals surface area contributed by atoms with Gasteiger partial charge in [-0.3, -0.25) is 5.32 Å². The van der Waals surface area contributed by atoms with Crippen LogP contribution in [0.4, 0.5) is 10.7 Å². The van der Waals surface area contributed by atoms with Crippen LogP contribution in [-0.4, -0.2) is 33.3 Å². The van der Waals surface area contributed by atoms with Crippen molar-refractivity contribution in [2.24, 2.45) is 4.99 Å². The molecular formula is C21H23N5O2. The summed E-state index contributed by atoms with van der Waals surface area (Å²) in [6.45, 7) is 4.03. The Kier molecular flexibility index (Phi) is 6.51. The van der Waals surface area contributed by atoms with Crippen LogP contribution in [0.25, 0.3) is 5.69 Å². The third-order valence-corrected chi connectivity index (χ3v) is 3.92. The van der Waals surface area contributed by atoms with E-state index in [1.807, 2.05) is 67.6 Å². The van der Waals surface area contributed by atoms with Gasteiger partial charge < -0.3 is 4.74 Å². The zero-order valence-corrected chi connectivity index (χ0v) is 16.0. The van der Waals surface area contributed by atoms with Gasteiger partial charge in [0.1, 0.15) is 5.84 Å².